The van der Waals surface area contributed by atoms with Crippen molar-refractivity contribution in [1.82, 2.24) is 0 Å². The zero-order valence-electron chi connectivity index (χ0n) is 11.6. The highest BCUT2D eigenvalue weighted by molar-refractivity contribution is 7.12. The lowest BCUT2D eigenvalue weighted by Gasteiger charge is -2.23. The minimum absolute atomic E-state index is 0.00456. The maximum atomic E-state index is 12.6. The van der Waals surface area contributed by atoms with Crippen molar-refractivity contribution in [3.63, 3.8) is 0 Å². The third kappa shape index (κ3) is 2.56. The van der Waals surface area contributed by atoms with Gasteiger partial charge in [0.15, 0.2) is 5.78 Å². The van der Waals surface area contributed by atoms with Crippen molar-refractivity contribution < 1.29 is 14.3 Å². The molecule has 1 aromatic heterocycles. The first-order valence-electron chi connectivity index (χ1n) is 6.74. The maximum absolute atomic E-state index is 12.6. The average Bonchev–Trinajstić information content (AvgIpc) is 3.16. The molecule has 0 saturated carbocycles. The zero-order chi connectivity index (χ0) is 14.8. The number of carbonyl (C=O) groups is 2. The predicted molar refractivity (Wildman–Crippen MR) is 82.2 cm³/mol. The number of benzene rings is 1. The summed E-state index contributed by atoms with van der Waals surface area (Å²) in [5, 5.41) is 1.88. The van der Waals surface area contributed by atoms with Gasteiger partial charge in [-0.3, -0.25) is 9.59 Å². The van der Waals surface area contributed by atoms with Crippen molar-refractivity contribution in [1.29, 1.82) is 0 Å². The van der Waals surface area contributed by atoms with Crippen molar-refractivity contribution >= 4 is 28.7 Å². The summed E-state index contributed by atoms with van der Waals surface area (Å²) in [6, 6.07) is 10.5. The van der Waals surface area contributed by atoms with E-state index in [1.807, 2.05) is 29.6 Å². The van der Waals surface area contributed by atoms with Crippen LogP contribution in [0.15, 0.2) is 41.8 Å². The van der Waals surface area contributed by atoms with E-state index in [-0.39, 0.29) is 11.7 Å². The van der Waals surface area contributed by atoms with Gasteiger partial charge in [0.25, 0.3) is 0 Å². The number of ketones is 1. The Bertz CT molecular complexity index is 649. The summed E-state index contributed by atoms with van der Waals surface area (Å²) in [5.41, 5.74) is 0.744. The monoisotopic (exact) mass is 301 g/mol. The minimum Gasteiger partial charge on any atom is -0.497 e. The van der Waals surface area contributed by atoms with Crippen LogP contribution in [0.3, 0.4) is 0 Å². The van der Waals surface area contributed by atoms with Crippen LogP contribution in [0.2, 0.25) is 0 Å². The molecule has 3 rings (SSSR count). The number of hydrogen-bond acceptors (Lipinski definition) is 4. The molecule has 1 aromatic carbocycles. The maximum Gasteiger partial charge on any atom is 0.227 e. The van der Waals surface area contributed by atoms with Crippen molar-refractivity contribution in [2.45, 2.75) is 18.9 Å². The Morgan fingerprint density at radius 3 is 2.67 bits per heavy atom. The first-order chi connectivity index (χ1) is 10.2. The molecule has 108 valence electrons. The quantitative estimate of drug-likeness (QED) is 0.815. The molecule has 1 saturated heterocycles. The van der Waals surface area contributed by atoms with Crippen LogP contribution in [0.5, 0.6) is 5.75 Å². The van der Waals surface area contributed by atoms with Gasteiger partial charge in [0.05, 0.1) is 12.0 Å². The van der Waals surface area contributed by atoms with Crippen molar-refractivity contribution in [3.8, 4) is 5.75 Å². The van der Waals surface area contributed by atoms with Gasteiger partial charge in [-0.1, -0.05) is 6.07 Å². The largest absolute Gasteiger partial charge is 0.497 e. The Morgan fingerprint density at radius 1 is 1.29 bits per heavy atom. The molecule has 21 heavy (non-hydrogen) atoms. The standard InChI is InChI=1S/C16H15NO3S/c1-20-12-6-4-11(5-7-12)17-13(8-9-15(17)18)16(19)14-3-2-10-21-14/h2-7,10,13H,8-9H2,1H3. The highest BCUT2D eigenvalue weighted by Gasteiger charge is 2.37. The third-order valence-electron chi connectivity index (χ3n) is 3.63. The number of ether oxygens (including phenoxy) is 1. The Labute approximate surface area is 127 Å². The van der Waals surface area contributed by atoms with E-state index in [0.29, 0.717) is 17.7 Å². The van der Waals surface area contributed by atoms with Gasteiger partial charge in [-0.15, -0.1) is 11.3 Å². The van der Waals surface area contributed by atoms with Crippen LogP contribution < -0.4 is 9.64 Å². The van der Waals surface area contributed by atoms with E-state index in [4.69, 9.17) is 4.74 Å². The lowest BCUT2D eigenvalue weighted by molar-refractivity contribution is -0.117. The number of anilines is 1. The van der Waals surface area contributed by atoms with Crippen molar-refractivity contribution in [2.75, 3.05) is 12.0 Å². The van der Waals surface area contributed by atoms with Crippen LogP contribution in [-0.2, 0) is 4.79 Å². The Kier molecular flexibility index (Phi) is 3.75. The third-order valence-corrected chi connectivity index (χ3v) is 4.51. The lowest BCUT2D eigenvalue weighted by Crippen LogP contribution is -2.38. The summed E-state index contributed by atoms with van der Waals surface area (Å²) in [6.45, 7) is 0. The number of thiophene rings is 1. The summed E-state index contributed by atoms with van der Waals surface area (Å²) in [4.78, 5) is 27.0. The van der Waals surface area contributed by atoms with E-state index in [1.54, 1.807) is 24.1 Å². The molecule has 0 spiro atoms. The molecule has 1 aliphatic heterocycles. The molecule has 2 aromatic rings. The Morgan fingerprint density at radius 2 is 2.05 bits per heavy atom. The SMILES string of the molecule is COc1ccc(N2C(=O)CCC2C(=O)c2cccs2)cc1. The topological polar surface area (TPSA) is 46.6 Å². The van der Waals surface area contributed by atoms with Crippen molar-refractivity contribution in [3.05, 3.63) is 46.7 Å². The number of carbonyl (C=O) groups excluding carboxylic acids is 2. The second kappa shape index (κ2) is 5.69. The van der Waals surface area contributed by atoms with Gasteiger partial charge in [-0.2, -0.15) is 0 Å². The molecule has 0 radical (unpaired) electrons. The van der Waals surface area contributed by atoms with Gasteiger partial charge >= 0.3 is 0 Å². The molecule has 0 aliphatic carbocycles. The fraction of sp³-hybridized carbons (Fsp3) is 0.250. The molecule has 1 amide bonds. The number of Topliss-reactive ketones (excluding diaryl/α,β-unsaturated/α-hetero) is 1. The van der Waals surface area contributed by atoms with Gasteiger partial charge in [0.2, 0.25) is 5.91 Å². The predicted octanol–water partition coefficient (Wildman–Crippen LogP) is 3.14. The normalized spacial score (nSPS) is 18.0. The summed E-state index contributed by atoms with van der Waals surface area (Å²) < 4.78 is 5.12. The Hall–Kier alpha value is -2.14. The molecular formula is C16H15NO3S. The van der Waals surface area contributed by atoms with Gasteiger partial charge in [-0.05, 0) is 42.1 Å². The summed E-state index contributed by atoms with van der Waals surface area (Å²) in [6.07, 6.45) is 0.982. The number of nitrogens with zero attached hydrogens (tertiary/aromatic N) is 1. The number of methoxy groups -OCH3 is 1. The summed E-state index contributed by atoms with van der Waals surface area (Å²) in [7, 11) is 1.60. The highest BCUT2D eigenvalue weighted by Crippen LogP contribution is 2.30. The van der Waals surface area contributed by atoms with E-state index in [2.05, 4.69) is 0 Å². The molecule has 1 fully saturated rings. The van der Waals surface area contributed by atoms with E-state index < -0.39 is 6.04 Å². The van der Waals surface area contributed by atoms with Crippen LogP contribution >= 0.6 is 11.3 Å². The van der Waals surface area contributed by atoms with Crippen LogP contribution in [0.25, 0.3) is 0 Å². The first-order valence-corrected chi connectivity index (χ1v) is 7.62. The fourth-order valence-electron chi connectivity index (χ4n) is 2.58. The first kappa shape index (κ1) is 13.8. The van der Waals surface area contributed by atoms with E-state index in [1.165, 1.54) is 11.3 Å². The van der Waals surface area contributed by atoms with Gasteiger partial charge < -0.3 is 9.64 Å². The lowest BCUT2D eigenvalue weighted by atomic mass is 10.1. The molecular weight excluding hydrogens is 286 g/mol. The fourth-order valence-corrected chi connectivity index (χ4v) is 3.29. The van der Waals surface area contributed by atoms with Crippen LogP contribution in [0, 0.1) is 0 Å². The van der Waals surface area contributed by atoms with Gasteiger partial charge in [0, 0.05) is 12.1 Å². The molecule has 2 heterocycles. The summed E-state index contributed by atoms with van der Waals surface area (Å²) in [5.74, 6) is 0.744. The number of rotatable bonds is 4. The smallest absolute Gasteiger partial charge is 0.227 e. The molecule has 4 nitrogen and oxygen atoms in total. The van der Waals surface area contributed by atoms with Crippen LogP contribution in [0.1, 0.15) is 22.5 Å². The molecule has 0 N–H and O–H groups in total. The van der Waals surface area contributed by atoms with Crippen LogP contribution in [0.4, 0.5) is 5.69 Å². The van der Waals surface area contributed by atoms with E-state index >= 15 is 0 Å². The summed E-state index contributed by atoms with van der Waals surface area (Å²) >= 11 is 1.41. The molecule has 5 heteroatoms. The van der Waals surface area contributed by atoms with Gasteiger partial charge in [0.1, 0.15) is 11.8 Å². The minimum atomic E-state index is -0.399. The molecule has 1 aliphatic rings. The van der Waals surface area contributed by atoms with E-state index in [0.717, 1.165) is 11.4 Å². The van der Waals surface area contributed by atoms with Crippen molar-refractivity contribution in [2.24, 2.45) is 0 Å². The van der Waals surface area contributed by atoms with Crippen LogP contribution in [-0.4, -0.2) is 24.8 Å². The Balaban J connectivity index is 1.90. The highest BCUT2D eigenvalue weighted by atomic mass is 32.1. The number of amides is 1. The average molecular weight is 301 g/mol. The number of hydrogen-bond donors (Lipinski definition) is 0. The zero-order valence-corrected chi connectivity index (χ0v) is 12.4. The molecule has 0 bridgehead atoms. The van der Waals surface area contributed by atoms with E-state index in [9.17, 15) is 9.59 Å². The second-order valence-corrected chi connectivity index (χ2v) is 5.81. The van der Waals surface area contributed by atoms with Gasteiger partial charge in [-0.25, -0.2) is 0 Å². The second-order valence-electron chi connectivity index (χ2n) is 4.86. The molecule has 1 unspecified atom stereocenters. The molecule has 1 atom stereocenters.